The Morgan fingerprint density at radius 3 is 2.89 bits per heavy atom. The van der Waals surface area contributed by atoms with Gasteiger partial charge >= 0.3 is 0 Å². The molecule has 0 atom stereocenters. The number of aromatic nitrogens is 1. The predicted octanol–water partition coefficient (Wildman–Crippen LogP) is 3.17. The first kappa shape index (κ1) is 12.7. The van der Waals surface area contributed by atoms with Crippen molar-refractivity contribution in [3.8, 4) is 11.5 Å². The molecule has 0 fully saturated rings. The molecule has 0 spiro atoms. The van der Waals surface area contributed by atoms with Crippen molar-refractivity contribution in [2.75, 3.05) is 12.4 Å². The predicted molar refractivity (Wildman–Crippen MR) is 73.9 cm³/mol. The van der Waals surface area contributed by atoms with Crippen molar-refractivity contribution >= 4 is 21.7 Å². The van der Waals surface area contributed by atoms with Gasteiger partial charge in [0.1, 0.15) is 17.3 Å². The smallest absolute Gasteiger partial charge is 0.138 e. The number of para-hydroxylation sites is 1. The van der Waals surface area contributed by atoms with Gasteiger partial charge in [-0.15, -0.1) is 0 Å². The van der Waals surface area contributed by atoms with Crippen LogP contribution in [-0.4, -0.2) is 17.2 Å². The Balaban J connectivity index is 2.09. The summed E-state index contributed by atoms with van der Waals surface area (Å²) in [5.41, 5.74) is 0.821. The van der Waals surface area contributed by atoms with E-state index in [2.05, 4.69) is 26.2 Å². The van der Waals surface area contributed by atoms with E-state index in [-0.39, 0.29) is 5.75 Å². The number of hydrogen-bond acceptors (Lipinski definition) is 4. The molecule has 0 aliphatic heterocycles. The molecule has 0 saturated carbocycles. The van der Waals surface area contributed by atoms with Gasteiger partial charge in [-0.2, -0.15) is 0 Å². The highest BCUT2D eigenvalue weighted by atomic mass is 79.9. The fourth-order valence-corrected chi connectivity index (χ4v) is 1.90. The Morgan fingerprint density at radius 2 is 2.17 bits per heavy atom. The largest absolute Gasteiger partial charge is 0.508 e. The van der Waals surface area contributed by atoms with E-state index in [0.29, 0.717) is 18.1 Å². The molecule has 0 bridgehead atoms. The first-order valence-electron chi connectivity index (χ1n) is 5.41. The van der Waals surface area contributed by atoms with Gasteiger partial charge in [0.15, 0.2) is 0 Å². The number of rotatable bonds is 4. The Labute approximate surface area is 114 Å². The third kappa shape index (κ3) is 2.92. The Bertz CT molecular complexity index is 546. The lowest BCUT2D eigenvalue weighted by Gasteiger charge is -2.09. The summed E-state index contributed by atoms with van der Waals surface area (Å²) in [7, 11) is 1.60. The lowest BCUT2D eigenvalue weighted by molar-refractivity contribution is 0.412. The zero-order valence-electron chi connectivity index (χ0n) is 9.85. The van der Waals surface area contributed by atoms with Crippen LogP contribution in [0.1, 0.15) is 5.56 Å². The molecule has 0 aliphatic rings. The van der Waals surface area contributed by atoms with Crippen molar-refractivity contribution in [2.24, 2.45) is 0 Å². The highest BCUT2D eigenvalue weighted by molar-refractivity contribution is 9.10. The van der Waals surface area contributed by atoms with Crippen LogP contribution in [0.3, 0.4) is 0 Å². The van der Waals surface area contributed by atoms with Crippen LogP contribution >= 0.6 is 15.9 Å². The van der Waals surface area contributed by atoms with Crippen LogP contribution in [0.4, 0.5) is 5.82 Å². The number of nitrogens with one attached hydrogen (secondary N) is 1. The fraction of sp³-hybridized carbons (Fsp3) is 0.154. The molecule has 1 heterocycles. The van der Waals surface area contributed by atoms with Crippen molar-refractivity contribution in [1.29, 1.82) is 0 Å². The van der Waals surface area contributed by atoms with Gasteiger partial charge in [0.2, 0.25) is 0 Å². The second-order valence-electron chi connectivity index (χ2n) is 3.69. The molecule has 0 unspecified atom stereocenters. The lowest BCUT2D eigenvalue weighted by atomic mass is 10.2. The van der Waals surface area contributed by atoms with Crippen LogP contribution in [0.15, 0.2) is 41.0 Å². The van der Waals surface area contributed by atoms with Crippen molar-refractivity contribution in [1.82, 2.24) is 4.98 Å². The van der Waals surface area contributed by atoms with Crippen molar-refractivity contribution < 1.29 is 9.84 Å². The van der Waals surface area contributed by atoms with E-state index < -0.39 is 0 Å². The number of phenolic OH excluding ortho intramolecular Hbond substituents is 1. The number of aromatic hydroxyl groups is 1. The minimum atomic E-state index is 0.272. The Morgan fingerprint density at radius 1 is 1.39 bits per heavy atom. The van der Waals surface area contributed by atoms with E-state index in [1.54, 1.807) is 31.5 Å². The van der Waals surface area contributed by atoms with E-state index in [0.717, 1.165) is 10.0 Å². The summed E-state index contributed by atoms with van der Waals surface area (Å²) in [6.45, 7) is 0.504. The van der Waals surface area contributed by atoms with Gasteiger partial charge in [0.25, 0.3) is 0 Å². The van der Waals surface area contributed by atoms with Crippen molar-refractivity contribution in [3.05, 3.63) is 46.6 Å². The van der Waals surface area contributed by atoms with E-state index >= 15 is 0 Å². The summed E-state index contributed by atoms with van der Waals surface area (Å²) in [6, 6.07) is 8.99. The van der Waals surface area contributed by atoms with Gasteiger partial charge < -0.3 is 15.2 Å². The van der Waals surface area contributed by atoms with Gasteiger partial charge in [-0.05, 0) is 22.0 Å². The number of pyridine rings is 1. The molecule has 0 aliphatic carbocycles. The van der Waals surface area contributed by atoms with E-state index in [1.165, 1.54) is 0 Å². The third-order valence-corrected chi connectivity index (χ3v) is 3.09. The highest BCUT2D eigenvalue weighted by Gasteiger charge is 2.04. The molecule has 1 aromatic carbocycles. The lowest BCUT2D eigenvalue weighted by Crippen LogP contribution is -2.02. The summed E-state index contributed by atoms with van der Waals surface area (Å²) in [5, 5.41) is 12.8. The Kier molecular flexibility index (Phi) is 4.04. The molecule has 2 N–H and O–H groups in total. The van der Waals surface area contributed by atoms with Gasteiger partial charge in [0.05, 0.1) is 11.6 Å². The summed E-state index contributed by atoms with van der Waals surface area (Å²) in [5.74, 6) is 1.68. The van der Waals surface area contributed by atoms with Crippen LogP contribution in [0.5, 0.6) is 11.5 Å². The summed E-state index contributed by atoms with van der Waals surface area (Å²) in [6.07, 6.45) is 1.67. The van der Waals surface area contributed by atoms with Gasteiger partial charge in [-0.3, -0.25) is 0 Å². The van der Waals surface area contributed by atoms with Gasteiger partial charge in [0, 0.05) is 24.4 Å². The first-order valence-corrected chi connectivity index (χ1v) is 6.20. The van der Waals surface area contributed by atoms with E-state index in [1.807, 2.05) is 12.1 Å². The Hall–Kier alpha value is -1.75. The maximum atomic E-state index is 9.64. The molecule has 18 heavy (non-hydrogen) atoms. The van der Waals surface area contributed by atoms with Crippen molar-refractivity contribution in [3.63, 3.8) is 0 Å². The average Bonchev–Trinajstić information content (AvgIpc) is 2.39. The summed E-state index contributed by atoms with van der Waals surface area (Å²) in [4.78, 5) is 4.21. The molecular weight excluding hydrogens is 296 g/mol. The maximum absolute atomic E-state index is 9.64. The molecule has 5 heteroatoms. The topological polar surface area (TPSA) is 54.4 Å². The van der Waals surface area contributed by atoms with Gasteiger partial charge in [-0.1, -0.05) is 18.2 Å². The minimum absolute atomic E-state index is 0.272. The molecule has 0 radical (unpaired) electrons. The first-order chi connectivity index (χ1) is 8.70. The minimum Gasteiger partial charge on any atom is -0.508 e. The summed E-state index contributed by atoms with van der Waals surface area (Å²) < 4.78 is 5.99. The van der Waals surface area contributed by atoms with Crippen molar-refractivity contribution in [2.45, 2.75) is 6.54 Å². The molecule has 2 aromatic rings. The van der Waals surface area contributed by atoms with Crippen LogP contribution in [0.2, 0.25) is 0 Å². The number of halogens is 1. The monoisotopic (exact) mass is 308 g/mol. The van der Waals surface area contributed by atoms with Crippen LogP contribution in [-0.2, 0) is 6.54 Å². The second-order valence-corrected chi connectivity index (χ2v) is 4.54. The van der Waals surface area contributed by atoms with E-state index in [9.17, 15) is 5.11 Å². The molecule has 0 amide bonds. The normalized spacial score (nSPS) is 10.1. The number of ether oxygens (including phenoxy) is 1. The molecule has 4 nitrogen and oxygen atoms in total. The number of anilines is 1. The zero-order chi connectivity index (χ0) is 13.0. The zero-order valence-corrected chi connectivity index (χ0v) is 11.4. The number of hydrogen-bond donors (Lipinski definition) is 2. The molecular formula is C13H13BrN2O2. The number of nitrogens with zero attached hydrogens (tertiary/aromatic N) is 1. The standard InChI is InChI=1S/C13H13BrN2O2/c1-18-12-6-13(16-8-10(12)14)15-7-9-4-2-3-5-11(9)17/h2-6,8,17H,7H2,1H3,(H,15,16). The fourth-order valence-electron chi connectivity index (χ4n) is 1.52. The summed E-state index contributed by atoms with van der Waals surface area (Å²) >= 11 is 3.34. The van der Waals surface area contributed by atoms with E-state index in [4.69, 9.17) is 4.74 Å². The molecule has 1 aromatic heterocycles. The molecule has 94 valence electrons. The maximum Gasteiger partial charge on any atom is 0.138 e. The number of methoxy groups -OCH3 is 1. The van der Waals surface area contributed by atoms with Crippen LogP contribution in [0.25, 0.3) is 0 Å². The van der Waals surface area contributed by atoms with Crippen LogP contribution < -0.4 is 10.1 Å². The second kappa shape index (κ2) is 5.73. The third-order valence-electron chi connectivity index (χ3n) is 2.49. The SMILES string of the molecule is COc1cc(NCc2ccccc2O)ncc1Br. The quantitative estimate of drug-likeness (QED) is 0.911. The van der Waals surface area contributed by atoms with Crippen LogP contribution in [0, 0.1) is 0 Å². The number of benzene rings is 1. The molecule has 2 rings (SSSR count). The number of phenols is 1. The molecule has 0 saturated heterocycles. The van der Waals surface area contributed by atoms with Gasteiger partial charge in [-0.25, -0.2) is 4.98 Å². The highest BCUT2D eigenvalue weighted by Crippen LogP contribution is 2.26. The average molecular weight is 309 g/mol.